The molecular weight excluding hydrogens is 224 g/mol. The molecule has 3 heteroatoms. The Morgan fingerprint density at radius 1 is 1.11 bits per heavy atom. The first kappa shape index (κ1) is 11.5. The number of hydrogen-bond donors (Lipinski definition) is 0. The van der Waals surface area contributed by atoms with Gasteiger partial charge in [0.25, 0.3) is 0 Å². The van der Waals surface area contributed by atoms with Gasteiger partial charge in [-0.1, -0.05) is 50.2 Å². The summed E-state index contributed by atoms with van der Waals surface area (Å²) in [6.45, 7) is 6.63. The van der Waals surface area contributed by atoms with Gasteiger partial charge in [-0.25, -0.2) is 0 Å². The quantitative estimate of drug-likeness (QED) is 0.801. The Hall–Kier alpha value is -1.64. The standard InChI is InChI=1S/C15H18N2O/c1-15(2,3)12-8-6-10(7-9-12)13-16-14(18-17-13)11-4-5-11/h6-9,11H,4-5H2,1-3H3. The fourth-order valence-corrected chi connectivity index (χ4v) is 1.97. The van der Waals surface area contributed by atoms with Crippen molar-refractivity contribution < 1.29 is 4.52 Å². The second kappa shape index (κ2) is 3.94. The highest BCUT2D eigenvalue weighted by Gasteiger charge is 2.29. The highest BCUT2D eigenvalue weighted by Crippen LogP contribution is 2.39. The van der Waals surface area contributed by atoms with Crippen LogP contribution in [0, 0.1) is 0 Å². The Morgan fingerprint density at radius 3 is 2.33 bits per heavy atom. The molecule has 0 aliphatic heterocycles. The second-order valence-electron chi connectivity index (χ2n) is 6.06. The minimum atomic E-state index is 0.176. The van der Waals surface area contributed by atoms with Crippen LogP contribution in [0.3, 0.4) is 0 Å². The van der Waals surface area contributed by atoms with Crippen molar-refractivity contribution in [2.24, 2.45) is 0 Å². The zero-order valence-corrected chi connectivity index (χ0v) is 11.1. The van der Waals surface area contributed by atoms with Crippen LogP contribution in [0.4, 0.5) is 0 Å². The minimum Gasteiger partial charge on any atom is -0.339 e. The van der Waals surface area contributed by atoms with Crippen molar-refractivity contribution in [1.82, 2.24) is 10.1 Å². The second-order valence-corrected chi connectivity index (χ2v) is 6.06. The van der Waals surface area contributed by atoms with Crippen LogP contribution in [0.2, 0.25) is 0 Å². The molecule has 1 aromatic carbocycles. The van der Waals surface area contributed by atoms with Gasteiger partial charge >= 0.3 is 0 Å². The van der Waals surface area contributed by atoms with Gasteiger partial charge < -0.3 is 4.52 Å². The average molecular weight is 242 g/mol. The minimum absolute atomic E-state index is 0.176. The molecule has 18 heavy (non-hydrogen) atoms. The molecule has 0 saturated heterocycles. The van der Waals surface area contributed by atoms with Crippen molar-refractivity contribution in [2.75, 3.05) is 0 Å². The molecule has 2 aromatic rings. The third kappa shape index (κ3) is 2.17. The molecule has 0 bridgehead atoms. The summed E-state index contributed by atoms with van der Waals surface area (Å²) in [5.74, 6) is 2.02. The fraction of sp³-hybridized carbons (Fsp3) is 0.467. The van der Waals surface area contributed by atoms with E-state index in [1.165, 1.54) is 18.4 Å². The van der Waals surface area contributed by atoms with E-state index in [4.69, 9.17) is 4.52 Å². The van der Waals surface area contributed by atoms with E-state index in [2.05, 4.69) is 55.2 Å². The van der Waals surface area contributed by atoms with Gasteiger partial charge in [0.05, 0.1) is 0 Å². The van der Waals surface area contributed by atoms with Gasteiger partial charge in [-0.2, -0.15) is 4.98 Å². The monoisotopic (exact) mass is 242 g/mol. The molecule has 3 rings (SSSR count). The molecule has 1 fully saturated rings. The molecule has 0 amide bonds. The van der Waals surface area contributed by atoms with Gasteiger partial charge in [-0.15, -0.1) is 0 Å². The average Bonchev–Trinajstić information content (AvgIpc) is 3.06. The van der Waals surface area contributed by atoms with Gasteiger partial charge in [0.15, 0.2) is 0 Å². The summed E-state index contributed by atoms with van der Waals surface area (Å²) < 4.78 is 5.28. The lowest BCUT2D eigenvalue weighted by Crippen LogP contribution is -2.10. The van der Waals surface area contributed by atoms with Crippen molar-refractivity contribution >= 4 is 0 Å². The Bertz CT molecular complexity index is 545. The zero-order chi connectivity index (χ0) is 12.8. The first-order chi connectivity index (χ1) is 8.54. The molecule has 0 unspecified atom stereocenters. The Labute approximate surface area is 107 Å². The number of hydrogen-bond acceptors (Lipinski definition) is 3. The largest absolute Gasteiger partial charge is 0.339 e. The molecule has 1 saturated carbocycles. The molecule has 3 nitrogen and oxygen atoms in total. The molecule has 1 aliphatic rings. The summed E-state index contributed by atoms with van der Waals surface area (Å²) >= 11 is 0. The number of aromatic nitrogens is 2. The number of nitrogens with zero attached hydrogens (tertiary/aromatic N) is 2. The molecule has 0 atom stereocenters. The first-order valence-electron chi connectivity index (χ1n) is 6.48. The van der Waals surface area contributed by atoms with E-state index in [9.17, 15) is 0 Å². The lowest BCUT2D eigenvalue weighted by atomic mass is 9.87. The van der Waals surface area contributed by atoms with Gasteiger partial charge in [0.1, 0.15) is 0 Å². The van der Waals surface area contributed by atoms with Gasteiger partial charge in [-0.3, -0.25) is 0 Å². The van der Waals surface area contributed by atoms with Crippen LogP contribution in [0.25, 0.3) is 11.4 Å². The lowest BCUT2D eigenvalue weighted by molar-refractivity contribution is 0.380. The van der Waals surface area contributed by atoms with Gasteiger partial charge in [0, 0.05) is 11.5 Å². The van der Waals surface area contributed by atoms with Crippen LogP contribution in [-0.4, -0.2) is 10.1 Å². The molecule has 1 aliphatic carbocycles. The Balaban J connectivity index is 1.87. The van der Waals surface area contributed by atoms with E-state index in [0.717, 1.165) is 11.5 Å². The van der Waals surface area contributed by atoms with Crippen LogP contribution < -0.4 is 0 Å². The van der Waals surface area contributed by atoms with E-state index in [1.54, 1.807) is 0 Å². The van der Waals surface area contributed by atoms with Crippen LogP contribution in [0.1, 0.15) is 51.0 Å². The van der Waals surface area contributed by atoms with E-state index in [1.807, 2.05) is 0 Å². The summed E-state index contributed by atoms with van der Waals surface area (Å²) in [6, 6.07) is 8.43. The van der Waals surface area contributed by atoms with Crippen molar-refractivity contribution in [3.8, 4) is 11.4 Å². The van der Waals surface area contributed by atoms with Crippen LogP contribution in [0.15, 0.2) is 28.8 Å². The maximum atomic E-state index is 5.28. The van der Waals surface area contributed by atoms with Crippen LogP contribution in [-0.2, 0) is 5.41 Å². The fourth-order valence-electron chi connectivity index (χ4n) is 1.97. The highest BCUT2D eigenvalue weighted by molar-refractivity contribution is 5.55. The first-order valence-corrected chi connectivity index (χ1v) is 6.48. The van der Waals surface area contributed by atoms with Crippen molar-refractivity contribution in [3.63, 3.8) is 0 Å². The molecule has 94 valence electrons. The molecule has 1 heterocycles. The molecule has 1 aromatic heterocycles. The predicted molar refractivity (Wildman–Crippen MR) is 70.4 cm³/mol. The van der Waals surface area contributed by atoms with E-state index < -0.39 is 0 Å². The lowest BCUT2D eigenvalue weighted by Gasteiger charge is -2.18. The van der Waals surface area contributed by atoms with Crippen LogP contribution in [0.5, 0.6) is 0 Å². The summed E-state index contributed by atoms with van der Waals surface area (Å²) in [5, 5.41) is 4.05. The van der Waals surface area contributed by atoms with Gasteiger partial charge in [0.2, 0.25) is 11.7 Å². The maximum Gasteiger partial charge on any atom is 0.230 e. The molecular formula is C15H18N2O. The Morgan fingerprint density at radius 2 is 1.78 bits per heavy atom. The zero-order valence-electron chi connectivity index (χ0n) is 11.1. The summed E-state index contributed by atoms with van der Waals surface area (Å²) in [6.07, 6.45) is 2.37. The van der Waals surface area contributed by atoms with Crippen molar-refractivity contribution in [1.29, 1.82) is 0 Å². The van der Waals surface area contributed by atoms with Crippen molar-refractivity contribution in [2.45, 2.75) is 44.9 Å². The van der Waals surface area contributed by atoms with E-state index >= 15 is 0 Å². The third-order valence-corrected chi connectivity index (χ3v) is 3.38. The SMILES string of the molecule is CC(C)(C)c1ccc(-c2noc(C3CC3)n2)cc1. The van der Waals surface area contributed by atoms with Crippen LogP contribution >= 0.6 is 0 Å². The van der Waals surface area contributed by atoms with Gasteiger partial charge in [-0.05, 0) is 23.8 Å². The molecule has 0 spiro atoms. The van der Waals surface area contributed by atoms with Crippen molar-refractivity contribution in [3.05, 3.63) is 35.7 Å². The molecule has 0 radical (unpaired) electrons. The predicted octanol–water partition coefficient (Wildman–Crippen LogP) is 3.91. The number of benzene rings is 1. The summed E-state index contributed by atoms with van der Waals surface area (Å²) in [7, 11) is 0. The molecule has 0 N–H and O–H groups in total. The highest BCUT2D eigenvalue weighted by atomic mass is 16.5. The number of rotatable bonds is 2. The summed E-state index contributed by atoms with van der Waals surface area (Å²) in [4.78, 5) is 4.46. The smallest absolute Gasteiger partial charge is 0.230 e. The topological polar surface area (TPSA) is 38.9 Å². The summed E-state index contributed by atoms with van der Waals surface area (Å²) in [5.41, 5.74) is 2.52. The normalized spacial score (nSPS) is 15.9. The Kier molecular flexibility index (Phi) is 2.51. The third-order valence-electron chi connectivity index (χ3n) is 3.38. The van der Waals surface area contributed by atoms with E-state index in [0.29, 0.717) is 11.7 Å². The van der Waals surface area contributed by atoms with E-state index in [-0.39, 0.29) is 5.41 Å². The maximum absolute atomic E-state index is 5.28.